The van der Waals surface area contributed by atoms with Crippen LogP contribution in [-0.2, 0) is 9.53 Å². The summed E-state index contributed by atoms with van der Waals surface area (Å²) in [7, 11) is 0. The number of nitrogens with zero attached hydrogens (tertiary/aromatic N) is 1. The molecule has 2 fully saturated rings. The van der Waals surface area contributed by atoms with Gasteiger partial charge in [0.25, 0.3) is 0 Å². The van der Waals surface area contributed by atoms with E-state index in [9.17, 15) is 4.79 Å². The Morgan fingerprint density at radius 2 is 1.75 bits per heavy atom. The minimum Gasteiger partial charge on any atom is -0.372 e. The topological polar surface area (TPSA) is 29.5 Å². The van der Waals surface area contributed by atoms with Crippen molar-refractivity contribution in [3.63, 3.8) is 0 Å². The number of hydrogen-bond donors (Lipinski definition) is 0. The quantitative estimate of drug-likeness (QED) is 0.677. The zero-order chi connectivity index (χ0) is 12.1. The first-order chi connectivity index (χ1) is 7.26. The van der Waals surface area contributed by atoms with Crippen LogP contribution in [0.5, 0.6) is 0 Å². The van der Waals surface area contributed by atoms with Crippen LogP contribution in [0.4, 0.5) is 0 Å². The van der Waals surface area contributed by atoms with Gasteiger partial charge < -0.3 is 9.64 Å². The highest BCUT2D eigenvalue weighted by molar-refractivity contribution is 9.25. The molecule has 1 heterocycles. The molecule has 0 aromatic rings. The van der Waals surface area contributed by atoms with Gasteiger partial charge in [-0.2, -0.15) is 0 Å². The molecule has 92 valence electrons. The van der Waals surface area contributed by atoms with Crippen LogP contribution >= 0.6 is 31.9 Å². The van der Waals surface area contributed by atoms with Gasteiger partial charge in [-0.05, 0) is 27.2 Å². The van der Waals surface area contributed by atoms with Gasteiger partial charge in [0.2, 0.25) is 5.91 Å². The van der Waals surface area contributed by atoms with Crippen LogP contribution in [0.25, 0.3) is 0 Å². The highest BCUT2D eigenvalue weighted by atomic mass is 79.9. The third-order valence-corrected chi connectivity index (χ3v) is 5.75. The fourth-order valence-electron chi connectivity index (χ4n) is 2.32. The van der Waals surface area contributed by atoms with E-state index in [1.807, 2.05) is 25.7 Å². The van der Waals surface area contributed by atoms with Gasteiger partial charge in [-0.15, -0.1) is 0 Å². The van der Waals surface area contributed by atoms with E-state index in [1.54, 1.807) is 0 Å². The molecule has 0 N–H and O–H groups in total. The summed E-state index contributed by atoms with van der Waals surface area (Å²) in [6, 6.07) is 0. The Bertz CT molecular complexity index is 311. The molecule has 0 aromatic carbocycles. The number of hydrogen-bond acceptors (Lipinski definition) is 2. The largest absolute Gasteiger partial charge is 0.372 e. The molecule has 1 saturated carbocycles. The number of carbonyl (C=O) groups excluding carboxylic acids is 1. The van der Waals surface area contributed by atoms with Crippen molar-refractivity contribution >= 4 is 37.8 Å². The number of rotatable bonds is 1. The van der Waals surface area contributed by atoms with Crippen molar-refractivity contribution < 1.29 is 9.53 Å². The third kappa shape index (κ3) is 2.06. The maximum Gasteiger partial charge on any atom is 0.231 e. The van der Waals surface area contributed by atoms with Crippen LogP contribution in [-0.4, -0.2) is 39.3 Å². The summed E-state index contributed by atoms with van der Waals surface area (Å²) in [5.41, 5.74) is -0.302. The summed E-state index contributed by atoms with van der Waals surface area (Å²) >= 11 is 7.09. The number of halogens is 2. The maximum absolute atomic E-state index is 12.4. The first kappa shape index (κ1) is 12.8. The Morgan fingerprint density at radius 1 is 1.31 bits per heavy atom. The molecule has 5 heteroatoms. The third-order valence-electron chi connectivity index (χ3n) is 3.44. The van der Waals surface area contributed by atoms with Gasteiger partial charge in [0.1, 0.15) is 0 Å². The minimum atomic E-state index is -0.302. The highest BCUT2D eigenvalue weighted by Crippen LogP contribution is 2.67. The summed E-state index contributed by atoms with van der Waals surface area (Å²) in [4.78, 5) is 14.3. The average molecular weight is 355 g/mol. The van der Waals surface area contributed by atoms with Gasteiger partial charge >= 0.3 is 0 Å². The van der Waals surface area contributed by atoms with E-state index in [4.69, 9.17) is 4.74 Å². The number of alkyl halides is 2. The van der Waals surface area contributed by atoms with Crippen molar-refractivity contribution in [1.29, 1.82) is 0 Å². The summed E-state index contributed by atoms with van der Waals surface area (Å²) in [5.74, 6) is 0.225. The fraction of sp³-hybridized carbons (Fsp3) is 0.909. The van der Waals surface area contributed by atoms with Crippen LogP contribution in [0.2, 0.25) is 0 Å². The SMILES string of the molecule is C[C@@H]1CN(C(=O)[C@]2(C)CC2(Br)Br)C[C@H](C)O1. The van der Waals surface area contributed by atoms with Gasteiger partial charge in [0, 0.05) is 13.1 Å². The van der Waals surface area contributed by atoms with E-state index in [0.717, 1.165) is 6.42 Å². The maximum atomic E-state index is 12.4. The van der Waals surface area contributed by atoms with Crippen LogP contribution < -0.4 is 0 Å². The molecule has 0 radical (unpaired) electrons. The molecule has 1 amide bonds. The Balaban J connectivity index is 2.06. The van der Waals surface area contributed by atoms with Crippen molar-refractivity contribution in [2.45, 2.75) is 42.6 Å². The van der Waals surface area contributed by atoms with Crippen LogP contribution in [0, 0.1) is 5.41 Å². The number of amides is 1. The number of ether oxygens (including phenoxy) is 1. The molecule has 1 aliphatic carbocycles. The molecule has 0 aromatic heterocycles. The van der Waals surface area contributed by atoms with E-state index in [-0.39, 0.29) is 26.8 Å². The van der Waals surface area contributed by atoms with Gasteiger partial charge in [-0.1, -0.05) is 31.9 Å². The van der Waals surface area contributed by atoms with Gasteiger partial charge in [0.15, 0.2) is 0 Å². The van der Waals surface area contributed by atoms with Crippen molar-refractivity contribution in [1.82, 2.24) is 4.90 Å². The lowest BCUT2D eigenvalue weighted by Gasteiger charge is -2.37. The molecule has 1 aliphatic heterocycles. The Hall–Kier alpha value is 0.390. The summed E-state index contributed by atoms with van der Waals surface area (Å²) in [6.07, 6.45) is 1.11. The standard InChI is InChI=1S/C11H17Br2NO2/c1-7-4-14(5-8(2)16-7)9(15)10(3)6-11(10,12)13/h7-8H,4-6H2,1-3H3/t7-,8+,10-/m0/s1. The lowest BCUT2D eigenvalue weighted by molar-refractivity contribution is -0.148. The average Bonchev–Trinajstić information content (AvgIpc) is 2.64. The predicted octanol–water partition coefficient (Wildman–Crippen LogP) is 2.52. The highest BCUT2D eigenvalue weighted by Gasteiger charge is 2.67. The first-order valence-electron chi connectivity index (χ1n) is 5.59. The van der Waals surface area contributed by atoms with Crippen molar-refractivity contribution in [2.24, 2.45) is 5.41 Å². The van der Waals surface area contributed by atoms with Crippen LogP contribution in [0.15, 0.2) is 0 Å². The molecule has 2 rings (SSSR count). The summed E-state index contributed by atoms with van der Waals surface area (Å²) in [5, 5.41) is 0. The smallest absolute Gasteiger partial charge is 0.231 e. The van der Waals surface area contributed by atoms with Gasteiger partial charge in [0.05, 0.1) is 20.9 Å². The predicted molar refractivity (Wildman–Crippen MR) is 69.9 cm³/mol. The zero-order valence-corrected chi connectivity index (χ0v) is 13.0. The Kier molecular flexibility index (Phi) is 3.17. The number of carbonyl (C=O) groups is 1. The second-order valence-corrected chi connectivity index (χ2v) is 8.95. The lowest BCUT2D eigenvalue weighted by atomic mass is 10.1. The second-order valence-electron chi connectivity index (χ2n) is 5.18. The monoisotopic (exact) mass is 353 g/mol. The van der Waals surface area contributed by atoms with Gasteiger partial charge in [-0.25, -0.2) is 0 Å². The summed E-state index contributed by atoms with van der Waals surface area (Å²) < 4.78 is 5.43. The molecular formula is C11H17Br2NO2. The molecule has 3 atom stereocenters. The van der Waals surface area contributed by atoms with Crippen molar-refractivity contribution in [3.8, 4) is 0 Å². The molecule has 3 nitrogen and oxygen atoms in total. The van der Waals surface area contributed by atoms with Gasteiger partial charge in [-0.3, -0.25) is 4.79 Å². The molecule has 1 saturated heterocycles. The fourth-order valence-corrected chi connectivity index (χ4v) is 3.79. The zero-order valence-electron chi connectivity index (χ0n) is 9.80. The van der Waals surface area contributed by atoms with E-state index < -0.39 is 0 Å². The van der Waals surface area contributed by atoms with E-state index in [2.05, 4.69) is 31.9 Å². The second kappa shape index (κ2) is 3.95. The minimum absolute atomic E-state index is 0.134. The normalized spacial score (nSPS) is 41.9. The Labute approximate surface area is 113 Å². The van der Waals surface area contributed by atoms with E-state index >= 15 is 0 Å². The lowest BCUT2D eigenvalue weighted by Crippen LogP contribution is -2.50. The first-order valence-corrected chi connectivity index (χ1v) is 7.17. The van der Waals surface area contributed by atoms with E-state index in [0.29, 0.717) is 13.1 Å². The summed E-state index contributed by atoms with van der Waals surface area (Å²) in [6.45, 7) is 7.44. The van der Waals surface area contributed by atoms with Crippen LogP contribution in [0.1, 0.15) is 27.2 Å². The molecule has 0 spiro atoms. The Morgan fingerprint density at radius 3 is 2.12 bits per heavy atom. The molecular weight excluding hydrogens is 338 g/mol. The van der Waals surface area contributed by atoms with E-state index in [1.165, 1.54) is 0 Å². The van der Waals surface area contributed by atoms with Crippen LogP contribution in [0.3, 0.4) is 0 Å². The number of morpholine rings is 1. The molecule has 16 heavy (non-hydrogen) atoms. The molecule has 0 bridgehead atoms. The van der Waals surface area contributed by atoms with Crippen molar-refractivity contribution in [2.75, 3.05) is 13.1 Å². The van der Waals surface area contributed by atoms with Crippen molar-refractivity contribution in [3.05, 3.63) is 0 Å². The molecule has 0 unspecified atom stereocenters. The molecule has 2 aliphatic rings.